The number of carboxylic acids is 1. The summed E-state index contributed by atoms with van der Waals surface area (Å²) in [5.41, 5.74) is 0.236. The highest BCUT2D eigenvalue weighted by atomic mass is 79.9. The first-order chi connectivity index (χ1) is 9.58. The highest BCUT2D eigenvalue weighted by Crippen LogP contribution is 2.23. The first kappa shape index (κ1) is 14.7. The van der Waals surface area contributed by atoms with Crippen LogP contribution in [0.4, 0.5) is 0 Å². The van der Waals surface area contributed by atoms with Gasteiger partial charge in [-0.3, -0.25) is 9.59 Å². The SMILES string of the molecule is O=C(O)CC(NC(=O)c1ncccc1Br)c1cccs1. The molecular weight excluding hydrogens is 344 g/mol. The third kappa shape index (κ3) is 3.64. The number of pyridine rings is 1. The van der Waals surface area contributed by atoms with E-state index in [0.29, 0.717) is 4.47 Å². The predicted octanol–water partition coefficient (Wildman–Crippen LogP) is 2.85. The molecule has 0 fully saturated rings. The van der Waals surface area contributed by atoms with E-state index in [9.17, 15) is 9.59 Å². The quantitative estimate of drug-likeness (QED) is 0.865. The Bertz CT molecular complexity index is 616. The van der Waals surface area contributed by atoms with E-state index in [4.69, 9.17) is 5.11 Å². The molecule has 5 nitrogen and oxygen atoms in total. The Hall–Kier alpha value is -1.73. The van der Waals surface area contributed by atoms with Crippen molar-refractivity contribution in [1.29, 1.82) is 0 Å². The number of hydrogen-bond donors (Lipinski definition) is 2. The third-order valence-corrected chi connectivity index (χ3v) is 4.17. The van der Waals surface area contributed by atoms with E-state index in [1.807, 2.05) is 11.4 Å². The van der Waals surface area contributed by atoms with Gasteiger partial charge in [-0.15, -0.1) is 11.3 Å². The highest BCUT2D eigenvalue weighted by Gasteiger charge is 2.21. The molecule has 0 spiro atoms. The van der Waals surface area contributed by atoms with Crippen LogP contribution >= 0.6 is 27.3 Å². The Morgan fingerprint density at radius 2 is 2.20 bits per heavy atom. The van der Waals surface area contributed by atoms with Crippen LogP contribution in [0.2, 0.25) is 0 Å². The lowest BCUT2D eigenvalue weighted by molar-refractivity contribution is -0.137. The van der Waals surface area contributed by atoms with Crippen LogP contribution in [-0.4, -0.2) is 22.0 Å². The molecule has 2 aromatic rings. The highest BCUT2D eigenvalue weighted by molar-refractivity contribution is 9.10. The number of amides is 1. The molecule has 0 radical (unpaired) electrons. The van der Waals surface area contributed by atoms with Crippen molar-refractivity contribution in [3.05, 3.63) is 50.9 Å². The molecule has 1 amide bonds. The molecule has 2 aromatic heterocycles. The van der Waals surface area contributed by atoms with Gasteiger partial charge in [-0.25, -0.2) is 4.98 Å². The number of aromatic nitrogens is 1. The van der Waals surface area contributed by atoms with E-state index >= 15 is 0 Å². The summed E-state index contributed by atoms with van der Waals surface area (Å²) in [4.78, 5) is 27.9. The minimum atomic E-state index is -0.969. The Balaban J connectivity index is 2.18. The van der Waals surface area contributed by atoms with Gasteiger partial charge in [-0.2, -0.15) is 0 Å². The summed E-state index contributed by atoms with van der Waals surface area (Å²) in [5, 5.41) is 13.5. The van der Waals surface area contributed by atoms with Gasteiger partial charge in [0, 0.05) is 15.5 Å². The van der Waals surface area contributed by atoms with Crippen molar-refractivity contribution in [3.63, 3.8) is 0 Å². The molecule has 0 saturated heterocycles. The second kappa shape index (κ2) is 6.62. The van der Waals surface area contributed by atoms with Crippen LogP contribution in [0.25, 0.3) is 0 Å². The maximum absolute atomic E-state index is 12.2. The number of carboxylic acid groups (broad SMARTS) is 1. The Kier molecular flexibility index (Phi) is 4.86. The van der Waals surface area contributed by atoms with Gasteiger partial charge in [-0.1, -0.05) is 6.07 Å². The zero-order valence-corrected chi connectivity index (χ0v) is 12.6. The molecule has 0 aliphatic heterocycles. The van der Waals surface area contributed by atoms with Crippen LogP contribution < -0.4 is 5.32 Å². The monoisotopic (exact) mass is 354 g/mol. The fourth-order valence-electron chi connectivity index (χ4n) is 1.67. The molecule has 1 unspecified atom stereocenters. The summed E-state index contributed by atoms with van der Waals surface area (Å²) in [6.45, 7) is 0. The molecule has 2 N–H and O–H groups in total. The van der Waals surface area contributed by atoms with E-state index in [0.717, 1.165) is 4.88 Å². The van der Waals surface area contributed by atoms with E-state index in [-0.39, 0.29) is 12.1 Å². The summed E-state index contributed by atoms with van der Waals surface area (Å²) in [6, 6.07) is 6.46. The average molecular weight is 355 g/mol. The molecule has 0 saturated carbocycles. The van der Waals surface area contributed by atoms with Gasteiger partial charge in [0.25, 0.3) is 5.91 Å². The standard InChI is InChI=1S/C13H11BrN2O3S/c14-8-3-1-5-15-12(8)13(19)16-9(7-11(17)18)10-4-2-6-20-10/h1-6,9H,7H2,(H,16,19)(H,17,18). The maximum Gasteiger partial charge on any atom is 0.305 e. The minimum absolute atomic E-state index is 0.170. The zero-order chi connectivity index (χ0) is 14.5. The van der Waals surface area contributed by atoms with Crippen LogP contribution in [-0.2, 0) is 4.79 Å². The number of carbonyl (C=O) groups excluding carboxylic acids is 1. The Morgan fingerprint density at radius 1 is 1.40 bits per heavy atom. The van der Waals surface area contributed by atoms with Gasteiger partial charge >= 0.3 is 5.97 Å². The number of carbonyl (C=O) groups is 2. The Labute approximate surface area is 127 Å². The first-order valence-electron chi connectivity index (χ1n) is 5.74. The van der Waals surface area contributed by atoms with Gasteiger partial charge in [-0.05, 0) is 39.5 Å². The normalized spacial score (nSPS) is 11.8. The molecule has 0 bridgehead atoms. The molecule has 0 aromatic carbocycles. The lowest BCUT2D eigenvalue weighted by Gasteiger charge is -2.15. The zero-order valence-electron chi connectivity index (χ0n) is 10.2. The minimum Gasteiger partial charge on any atom is -0.481 e. The van der Waals surface area contributed by atoms with Gasteiger partial charge in [0.15, 0.2) is 0 Å². The van der Waals surface area contributed by atoms with Crippen LogP contribution in [0.5, 0.6) is 0 Å². The van der Waals surface area contributed by atoms with E-state index in [1.165, 1.54) is 17.5 Å². The van der Waals surface area contributed by atoms with Crippen LogP contribution in [0.1, 0.15) is 27.8 Å². The molecule has 7 heteroatoms. The van der Waals surface area contributed by atoms with Crippen molar-refractivity contribution in [3.8, 4) is 0 Å². The van der Waals surface area contributed by atoms with Crippen molar-refractivity contribution in [2.24, 2.45) is 0 Å². The second-order valence-corrected chi connectivity index (χ2v) is 5.81. The van der Waals surface area contributed by atoms with Gasteiger partial charge in [0.2, 0.25) is 0 Å². The van der Waals surface area contributed by atoms with E-state index < -0.39 is 17.9 Å². The van der Waals surface area contributed by atoms with Crippen LogP contribution in [0.15, 0.2) is 40.3 Å². The molecule has 2 rings (SSSR count). The molecule has 0 aliphatic carbocycles. The first-order valence-corrected chi connectivity index (χ1v) is 7.41. The molecule has 104 valence electrons. The number of halogens is 1. The number of thiophene rings is 1. The summed E-state index contributed by atoms with van der Waals surface area (Å²) in [5.74, 6) is -1.37. The predicted molar refractivity (Wildman–Crippen MR) is 78.7 cm³/mol. The smallest absolute Gasteiger partial charge is 0.305 e. The van der Waals surface area contributed by atoms with Crippen LogP contribution in [0.3, 0.4) is 0 Å². The number of hydrogen-bond acceptors (Lipinski definition) is 4. The lowest BCUT2D eigenvalue weighted by atomic mass is 10.1. The lowest BCUT2D eigenvalue weighted by Crippen LogP contribution is -2.30. The van der Waals surface area contributed by atoms with E-state index in [1.54, 1.807) is 18.2 Å². The fourth-order valence-corrected chi connectivity index (χ4v) is 2.88. The summed E-state index contributed by atoms with van der Waals surface area (Å²) < 4.78 is 0.567. The Morgan fingerprint density at radius 3 is 2.80 bits per heavy atom. The fraction of sp³-hybridized carbons (Fsp3) is 0.154. The third-order valence-electron chi connectivity index (χ3n) is 2.54. The number of rotatable bonds is 5. The van der Waals surface area contributed by atoms with Gasteiger partial charge in [0.05, 0.1) is 12.5 Å². The average Bonchev–Trinajstić information content (AvgIpc) is 2.91. The van der Waals surface area contributed by atoms with Crippen molar-refractivity contribution < 1.29 is 14.7 Å². The van der Waals surface area contributed by atoms with Crippen molar-refractivity contribution in [2.75, 3.05) is 0 Å². The molecule has 2 heterocycles. The molecular formula is C13H11BrN2O3S. The largest absolute Gasteiger partial charge is 0.481 e. The molecule has 20 heavy (non-hydrogen) atoms. The second-order valence-electron chi connectivity index (χ2n) is 3.97. The van der Waals surface area contributed by atoms with Crippen molar-refractivity contribution >= 4 is 39.1 Å². The van der Waals surface area contributed by atoms with Crippen molar-refractivity contribution in [1.82, 2.24) is 10.3 Å². The number of nitrogens with zero attached hydrogens (tertiary/aromatic N) is 1. The molecule has 1 atom stereocenters. The number of nitrogens with one attached hydrogen (secondary N) is 1. The maximum atomic E-state index is 12.2. The van der Waals surface area contributed by atoms with Gasteiger partial charge in [0.1, 0.15) is 5.69 Å². The van der Waals surface area contributed by atoms with Crippen molar-refractivity contribution in [2.45, 2.75) is 12.5 Å². The summed E-state index contributed by atoms with van der Waals surface area (Å²) >= 11 is 4.65. The topological polar surface area (TPSA) is 79.3 Å². The van der Waals surface area contributed by atoms with E-state index in [2.05, 4.69) is 26.2 Å². The van der Waals surface area contributed by atoms with Crippen LogP contribution in [0, 0.1) is 0 Å². The summed E-state index contributed by atoms with van der Waals surface area (Å²) in [7, 11) is 0. The van der Waals surface area contributed by atoms with Gasteiger partial charge < -0.3 is 10.4 Å². The number of aliphatic carboxylic acids is 1. The summed E-state index contributed by atoms with van der Waals surface area (Å²) in [6.07, 6.45) is 1.34. The molecule has 0 aliphatic rings.